The van der Waals surface area contributed by atoms with Gasteiger partial charge in [-0.25, -0.2) is 9.97 Å². The van der Waals surface area contributed by atoms with Gasteiger partial charge in [0, 0.05) is 42.6 Å². The molecule has 0 fully saturated rings. The van der Waals surface area contributed by atoms with E-state index < -0.39 is 0 Å². The highest BCUT2D eigenvalue weighted by atomic mass is 35.5. The van der Waals surface area contributed by atoms with Crippen LogP contribution < -0.4 is 4.74 Å². The molecule has 4 nitrogen and oxygen atoms in total. The molecule has 172 valence electrons. The number of aryl methyl sites for hydroxylation is 1. The Bertz CT molecular complexity index is 1210. The second-order valence-corrected chi connectivity index (χ2v) is 8.81. The summed E-state index contributed by atoms with van der Waals surface area (Å²) in [7, 11) is 0. The lowest BCUT2D eigenvalue weighted by Gasteiger charge is -2.20. The minimum atomic E-state index is -0.00413. The Morgan fingerprint density at radius 3 is 2.38 bits per heavy atom. The van der Waals surface area contributed by atoms with Gasteiger partial charge in [0.05, 0.1) is 6.61 Å². The molecule has 4 aromatic rings. The first-order chi connectivity index (χ1) is 16.6. The van der Waals surface area contributed by atoms with Crippen LogP contribution in [-0.4, -0.2) is 22.4 Å². The number of carbonyl (C=O) groups is 1. The van der Waals surface area contributed by atoms with Crippen LogP contribution in [0.3, 0.4) is 0 Å². The Balaban J connectivity index is 1.38. The molecule has 0 spiro atoms. The van der Waals surface area contributed by atoms with Gasteiger partial charge in [-0.15, -0.1) is 0 Å². The van der Waals surface area contributed by atoms with E-state index in [1.165, 1.54) is 6.33 Å². The molecule has 5 heteroatoms. The van der Waals surface area contributed by atoms with E-state index >= 15 is 0 Å². The molecule has 1 aromatic heterocycles. The summed E-state index contributed by atoms with van der Waals surface area (Å²) >= 11 is 6.17. The van der Waals surface area contributed by atoms with E-state index in [0.29, 0.717) is 24.5 Å². The Morgan fingerprint density at radius 1 is 0.941 bits per heavy atom. The lowest BCUT2D eigenvalue weighted by atomic mass is 9.84. The fraction of sp³-hybridized carbons (Fsp3) is 0.207. The second-order valence-electron chi connectivity index (χ2n) is 8.37. The van der Waals surface area contributed by atoms with E-state index in [-0.39, 0.29) is 11.7 Å². The third kappa shape index (κ3) is 6.52. The molecule has 0 N–H and O–H groups in total. The molecule has 0 aliphatic heterocycles. The number of carbonyl (C=O) groups excluding carboxylic acids is 1. The molecular formula is C29H27ClN2O2. The number of ketones is 1. The SMILES string of the molecule is Cc1cc(Cl)ccc1C(CC(=O)Cc1ccc(OCCc2cncnc2)cc1)c1ccccc1. The van der Waals surface area contributed by atoms with Gasteiger partial charge in [0.25, 0.3) is 0 Å². The number of hydrogen-bond acceptors (Lipinski definition) is 4. The van der Waals surface area contributed by atoms with E-state index in [4.69, 9.17) is 16.3 Å². The molecule has 0 aliphatic carbocycles. The molecular weight excluding hydrogens is 444 g/mol. The molecule has 0 radical (unpaired) electrons. The van der Waals surface area contributed by atoms with Crippen molar-refractivity contribution in [3.05, 3.63) is 124 Å². The van der Waals surface area contributed by atoms with Crippen LogP contribution in [0.15, 0.2) is 91.5 Å². The third-order valence-corrected chi connectivity index (χ3v) is 6.07. The fourth-order valence-electron chi connectivity index (χ4n) is 4.10. The summed E-state index contributed by atoms with van der Waals surface area (Å²) in [5.41, 5.74) is 5.38. The van der Waals surface area contributed by atoms with Gasteiger partial charge in [-0.1, -0.05) is 60.1 Å². The van der Waals surface area contributed by atoms with Crippen LogP contribution in [0.25, 0.3) is 0 Å². The van der Waals surface area contributed by atoms with Crippen LogP contribution in [0.1, 0.15) is 40.2 Å². The monoisotopic (exact) mass is 470 g/mol. The van der Waals surface area contributed by atoms with Crippen LogP contribution in [0.2, 0.25) is 5.02 Å². The zero-order valence-electron chi connectivity index (χ0n) is 19.2. The summed E-state index contributed by atoms with van der Waals surface area (Å²) in [6.45, 7) is 2.59. The van der Waals surface area contributed by atoms with Crippen LogP contribution in [0, 0.1) is 6.92 Å². The zero-order valence-corrected chi connectivity index (χ0v) is 19.9. The average Bonchev–Trinajstić information content (AvgIpc) is 2.85. The normalized spacial score (nSPS) is 11.7. The van der Waals surface area contributed by atoms with Gasteiger partial charge in [0.15, 0.2) is 0 Å². The number of rotatable bonds is 10. The highest BCUT2D eigenvalue weighted by Crippen LogP contribution is 2.32. The maximum absolute atomic E-state index is 13.1. The molecule has 0 aliphatic rings. The van der Waals surface area contributed by atoms with Crippen molar-refractivity contribution in [2.45, 2.75) is 32.1 Å². The van der Waals surface area contributed by atoms with Crippen molar-refractivity contribution in [3.63, 3.8) is 0 Å². The highest BCUT2D eigenvalue weighted by Gasteiger charge is 2.20. The van der Waals surface area contributed by atoms with Crippen LogP contribution in [0.5, 0.6) is 5.75 Å². The van der Waals surface area contributed by atoms with Crippen molar-refractivity contribution in [2.24, 2.45) is 0 Å². The van der Waals surface area contributed by atoms with Gasteiger partial charge < -0.3 is 4.74 Å². The van der Waals surface area contributed by atoms with Crippen LogP contribution in [-0.2, 0) is 17.6 Å². The number of benzene rings is 3. The number of nitrogens with zero attached hydrogens (tertiary/aromatic N) is 2. The van der Waals surface area contributed by atoms with Gasteiger partial charge in [-0.3, -0.25) is 4.79 Å². The third-order valence-electron chi connectivity index (χ3n) is 5.84. The Labute approximate surface area is 205 Å². The van der Waals surface area contributed by atoms with Gasteiger partial charge in [-0.05, 0) is 59.0 Å². The number of aromatic nitrogens is 2. The van der Waals surface area contributed by atoms with Crippen molar-refractivity contribution >= 4 is 17.4 Å². The highest BCUT2D eigenvalue weighted by molar-refractivity contribution is 6.30. The van der Waals surface area contributed by atoms with Crippen molar-refractivity contribution < 1.29 is 9.53 Å². The summed E-state index contributed by atoms with van der Waals surface area (Å²) in [4.78, 5) is 21.1. The van der Waals surface area contributed by atoms with Crippen LogP contribution >= 0.6 is 11.6 Å². The number of Topliss-reactive ketones (excluding diaryl/α,β-unsaturated/α-hetero) is 1. The minimum Gasteiger partial charge on any atom is -0.493 e. The lowest BCUT2D eigenvalue weighted by Crippen LogP contribution is -2.12. The molecule has 0 saturated heterocycles. The van der Waals surface area contributed by atoms with Gasteiger partial charge in [0.1, 0.15) is 17.9 Å². The van der Waals surface area contributed by atoms with E-state index in [1.54, 1.807) is 12.4 Å². The van der Waals surface area contributed by atoms with Gasteiger partial charge in [-0.2, -0.15) is 0 Å². The molecule has 1 unspecified atom stereocenters. The summed E-state index contributed by atoms with van der Waals surface area (Å²) in [5, 5.41) is 0.707. The summed E-state index contributed by atoms with van der Waals surface area (Å²) in [6, 6.07) is 23.8. The Kier molecular flexibility index (Phi) is 8.05. The smallest absolute Gasteiger partial charge is 0.138 e. The average molecular weight is 471 g/mol. The maximum Gasteiger partial charge on any atom is 0.138 e. The lowest BCUT2D eigenvalue weighted by molar-refractivity contribution is -0.118. The Morgan fingerprint density at radius 2 is 1.68 bits per heavy atom. The molecule has 34 heavy (non-hydrogen) atoms. The van der Waals surface area contributed by atoms with E-state index in [0.717, 1.165) is 40.0 Å². The molecule has 4 rings (SSSR count). The van der Waals surface area contributed by atoms with E-state index in [2.05, 4.69) is 22.1 Å². The summed E-state index contributed by atoms with van der Waals surface area (Å²) in [5.74, 6) is 0.975. The predicted octanol–water partition coefficient (Wildman–Crippen LogP) is 6.39. The minimum absolute atomic E-state index is 0.00413. The van der Waals surface area contributed by atoms with Crippen molar-refractivity contribution in [3.8, 4) is 5.75 Å². The largest absolute Gasteiger partial charge is 0.493 e. The molecule has 3 aromatic carbocycles. The Hall–Kier alpha value is -3.50. The number of hydrogen-bond donors (Lipinski definition) is 0. The second kappa shape index (κ2) is 11.6. The topological polar surface area (TPSA) is 52.1 Å². The van der Waals surface area contributed by atoms with Gasteiger partial charge >= 0.3 is 0 Å². The zero-order chi connectivity index (χ0) is 23.8. The summed E-state index contributed by atoms with van der Waals surface area (Å²) in [6.07, 6.45) is 6.66. The standard InChI is InChI=1S/C29H27ClN2O2/c1-21-15-25(30)9-12-28(21)29(24-5-3-2-4-6-24)17-26(33)16-22-7-10-27(11-8-22)34-14-13-23-18-31-20-32-19-23/h2-12,15,18-20,29H,13-14,16-17H2,1H3. The first-order valence-electron chi connectivity index (χ1n) is 11.4. The molecule has 1 atom stereocenters. The molecule has 0 amide bonds. The fourth-order valence-corrected chi connectivity index (χ4v) is 4.33. The summed E-state index contributed by atoms with van der Waals surface area (Å²) < 4.78 is 5.82. The van der Waals surface area contributed by atoms with E-state index in [9.17, 15) is 4.79 Å². The molecule has 0 bridgehead atoms. The van der Waals surface area contributed by atoms with Gasteiger partial charge in [0.2, 0.25) is 0 Å². The van der Waals surface area contributed by atoms with Crippen molar-refractivity contribution in [1.29, 1.82) is 0 Å². The quantitative estimate of drug-likeness (QED) is 0.269. The maximum atomic E-state index is 13.1. The molecule has 1 heterocycles. The first kappa shape index (κ1) is 23.7. The molecule has 0 saturated carbocycles. The van der Waals surface area contributed by atoms with E-state index in [1.807, 2.05) is 67.6 Å². The predicted molar refractivity (Wildman–Crippen MR) is 135 cm³/mol. The first-order valence-corrected chi connectivity index (χ1v) is 11.7. The number of ether oxygens (including phenoxy) is 1. The van der Waals surface area contributed by atoms with Crippen molar-refractivity contribution in [2.75, 3.05) is 6.61 Å². The van der Waals surface area contributed by atoms with Crippen LogP contribution in [0.4, 0.5) is 0 Å². The number of halogens is 1. The van der Waals surface area contributed by atoms with Crippen molar-refractivity contribution in [1.82, 2.24) is 9.97 Å².